The molecule has 0 bridgehead atoms. The second-order valence-electron chi connectivity index (χ2n) is 4.27. The molecule has 0 saturated heterocycles. The van der Waals surface area contributed by atoms with Gasteiger partial charge in [-0.25, -0.2) is 4.79 Å². The van der Waals surface area contributed by atoms with Gasteiger partial charge in [0.2, 0.25) is 0 Å². The summed E-state index contributed by atoms with van der Waals surface area (Å²) in [5.41, 5.74) is 8.38. The number of nitrogen functional groups attached to an aromatic ring is 1. The summed E-state index contributed by atoms with van der Waals surface area (Å²) < 4.78 is 6.87. The van der Waals surface area contributed by atoms with Crippen LogP contribution in [0.2, 0.25) is 0 Å². The Kier molecular flexibility index (Phi) is 2.33. The van der Waals surface area contributed by atoms with E-state index in [4.69, 9.17) is 10.5 Å². The number of aryl methyl sites for hydroxylation is 1. The lowest BCUT2D eigenvalue weighted by molar-refractivity contribution is 0.414. The first-order chi connectivity index (χ1) is 8.69. The quantitative estimate of drug-likeness (QED) is 0.813. The van der Waals surface area contributed by atoms with E-state index in [9.17, 15) is 4.79 Å². The molecule has 1 aliphatic rings. The number of fused-ring (bicyclic) bond motifs is 3. The van der Waals surface area contributed by atoms with Crippen molar-refractivity contribution in [2.24, 2.45) is 0 Å². The highest BCUT2D eigenvalue weighted by molar-refractivity contribution is 5.68. The monoisotopic (exact) mass is 243 g/mol. The maximum absolute atomic E-state index is 11.8. The first-order valence-electron chi connectivity index (χ1n) is 5.73. The first-order valence-corrected chi connectivity index (χ1v) is 5.73. The van der Waals surface area contributed by atoms with Gasteiger partial charge >= 0.3 is 5.69 Å². The maximum atomic E-state index is 11.8. The van der Waals surface area contributed by atoms with E-state index in [1.165, 1.54) is 5.56 Å². The van der Waals surface area contributed by atoms with E-state index in [0.29, 0.717) is 6.54 Å². The molecule has 1 aromatic heterocycles. The van der Waals surface area contributed by atoms with Crippen molar-refractivity contribution in [1.82, 2.24) is 9.55 Å². The lowest BCUT2D eigenvalue weighted by Gasteiger charge is -2.21. The molecule has 1 aromatic carbocycles. The Morgan fingerprint density at radius 1 is 1.39 bits per heavy atom. The molecule has 2 N–H and O–H groups in total. The first kappa shape index (κ1) is 10.8. The van der Waals surface area contributed by atoms with E-state index < -0.39 is 0 Å². The Bertz CT molecular complexity index is 676. The summed E-state index contributed by atoms with van der Waals surface area (Å²) in [5, 5.41) is 0. The number of hydrogen-bond acceptors (Lipinski definition) is 4. The molecule has 0 aliphatic carbocycles. The highest BCUT2D eigenvalue weighted by atomic mass is 16.5. The number of rotatable bonds is 1. The Morgan fingerprint density at radius 2 is 2.22 bits per heavy atom. The summed E-state index contributed by atoms with van der Waals surface area (Å²) in [4.78, 5) is 15.5. The summed E-state index contributed by atoms with van der Waals surface area (Å²) >= 11 is 0. The molecule has 5 nitrogen and oxygen atoms in total. The molecule has 0 fully saturated rings. The zero-order chi connectivity index (χ0) is 12.7. The SMILES string of the molecule is COc1ccc2c(c1)CCn1c-2cc(N)nc1=O. The summed E-state index contributed by atoms with van der Waals surface area (Å²) in [6.45, 7) is 0.627. The molecule has 18 heavy (non-hydrogen) atoms. The van der Waals surface area contributed by atoms with Crippen molar-refractivity contribution in [3.63, 3.8) is 0 Å². The fraction of sp³-hybridized carbons (Fsp3) is 0.231. The lowest BCUT2D eigenvalue weighted by atomic mass is 9.97. The molecule has 2 heterocycles. The molecule has 0 unspecified atom stereocenters. The lowest BCUT2D eigenvalue weighted by Crippen LogP contribution is -2.28. The van der Waals surface area contributed by atoms with E-state index in [2.05, 4.69) is 4.98 Å². The van der Waals surface area contributed by atoms with Crippen molar-refractivity contribution < 1.29 is 4.74 Å². The van der Waals surface area contributed by atoms with Gasteiger partial charge in [0, 0.05) is 18.2 Å². The van der Waals surface area contributed by atoms with E-state index in [-0.39, 0.29) is 11.5 Å². The van der Waals surface area contributed by atoms with Crippen LogP contribution in [0.5, 0.6) is 5.75 Å². The van der Waals surface area contributed by atoms with E-state index in [1.807, 2.05) is 18.2 Å². The number of hydrogen-bond donors (Lipinski definition) is 1. The molecule has 1 aliphatic heterocycles. The van der Waals surface area contributed by atoms with Crippen LogP contribution in [0.25, 0.3) is 11.3 Å². The van der Waals surface area contributed by atoms with Crippen molar-refractivity contribution in [3.8, 4) is 17.0 Å². The number of ether oxygens (including phenoxy) is 1. The minimum Gasteiger partial charge on any atom is -0.497 e. The van der Waals surface area contributed by atoms with Crippen LogP contribution >= 0.6 is 0 Å². The summed E-state index contributed by atoms with van der Waals surface area (Å²) in [7, 11) is 1.64. The van der Waals surface area contributed by atoms with Gasteiger partial charge in [0.05, 0.1) is 12.8 Å². The Labute approximate surface area is 104 Å². The molecular formula is C13H13N3O2. The van der Waals surface area contributed by atoms with Crippen molar-refractivity contribution in [2.75, 3.05) is 12.8 Å². The third-order valence-electron chi connectivity index (χ3n) is 3.22. The standard InChI is InChI=1S/C13H13N3O2/c1-18-9-2-3-10-8(6-9)4-5-16-11(10)7-12(14)15-13(16)17/h2-3,6-7H,4-5H2,1H3,(H2,14,15,17). The van der Waals surface area contributed by atoms with Gasteiger partial charge in [0.15, 0.2) is 0 Å². The minimum absolute atomic E-state index is 0.259. The normalized spacial score (nSPS) is 12.7. The third-order valence-corrected chi connectivity index (χ3v) is 3.22. The zero-order valence-electron chi connectivity index (χ0n) is 10.0. The molecule has 2 aromatic rings. The Balaban J connectivity index is 2.25. The van der Waals surface area contributed by atoms with Gasteiger partial charge < -0.3 is 10.5 Å². The van der Waals surface area contributed by atoms with E-state index >= 15 is 0 Å². The van der Waals surface area contributed by atoms with Gasteiger partial charge in [-0.05, 0) is 30.2 Å². The average Bonchev–Trinajstić information content (AvgIpc) is 2.37. The van der Waals surface area contributed by atoms with Crippen molar-refractivity contribution in [1.29, 1.82) is 0 Å². The number of nitrogens with two attached hydrogens (primary N) is 1. The van der Waals surface area contributed by atoms with Gasteiger partial charge in [-0.2, -0.15) is 4.98 Å². The van der Waals surface area contributed by atoms with Crippen LogP contribution < -0.4 is 16.2 Å². The van der Waals surface area contributed by atoms with Crippen LogP contribution in [0.3, 0.4) is 0 Å². The number of aromatic nitrogens is 2. The molecule has 0 amide bonds. The highest BCUT2D eigenvalue weighted by Gasteiger charge is 2.18. The number of anilines is 1. The fourth-order valence-corrected chi connectivity index (χ4v) is 2.35. The van der Waals surface area contributed by atoms with Crippen LogP contribution in [-0.4, -0.2) is 16.7 Å². The zero-order valence-corrected chi connectivity index (χ0v) is 10.0. The topological polar surface area (TPSA) is 70.1 Å². The predicted octanol–water partition coefficient (Wildman–Crippen LogP) is 1.06. The molecular weight excluding hydrogens is 230 g/mol. The second kappa shape index (κ2) is 3.87. The van der Waals surface area contributed by atoms with Crippen LogP contribution in [0.15, 0.2) is 29.1 Å². The van der Waals surface area contributed by atoms with Gasteiger partial charge in [0.25, 0.3) is 0 Å². The van der Waals surface area contributed by atoms with Crippen molar-refractivity contribution >= 4 is 5.82 Å². The van der Waals surface area contributed by atoms with Gasteiger partial charge in [-0.15, -0.1) is 0 Å². The van der Waals surface area contributed by atoms with Crippen LogP contribution in [-0.2, 0) is 13.0 Å². The molecule has 0 atom stereocenters. The molecule has 0 saturated carbocycles. The number of methoxy groups -OCH3 is 1. The van der Waals surface area contributed by atoms with E-state index in [1.54, 1.807) is 17.7 Å². The second-order valence-corrected chi connectivity index (χ2v) is 4.27. The average molecular weight is 243 g/mol. The molecule has 0 radical (unpaired) electrons. The molecule has 0 spiro atoms. The van der Waals surface area contributed by atoms with Crippen LogP contribution in [0.4, 0.5) is 5.82 Å². The fourth-order valence-electron chi connectivity index (χ4n) is 2.35. The van der Waals surface area contributed by atoms with Gasteiger partial charge in [-0.1, -0.05) is 0 Å². The predicted molar refractivity (Wildman–Crippen MR) is 68.6 cm³/mol. The number of benzene rings is 1. The largest absolute Gasteiger partial charge is 0.497 e. The summed E-state index contributed by atoms with van der Waals surface area (Å²) in [6.07, 6.45) is 0.797. The van der Waals surface area contributed by atoms with Crippen LogP contribution in [0.1, 0.15) is 5.56 Å². The van der Waals surface area contributed by atoms with Gasteiger partial charge in [-0.3, -0.25) is 4.57 Å². The van der Waals surface area contributed by atoms with E-state index in [0.717, 1.165) is 23.4 Å². The summed E-state index contributed by atoms with van der Waals surface area (Å²) in [6, 6.07) is 7.58. The Hall–Kier alpha value is -2.30. The third kappa shape index (κ3) is 1.55. The maximum Gasteiger partial charge on any atom is 0.349 e. The van der Waals surface area contributed by atoms with Gasteiger partial charge in [0.1, 0.15) is 11.6 Å². The van der Waals surface area contributed by atoms with Crippen molar-refractivity contribution in [3.05, 3.63) is 40.3 Å². The van der Waals surface area contributed by atoms with Crippen LogP contribution in [0, 0.1) is 0 Å². The molecule has 92 valence electrons. The molecule has 3 rings (SSSR count). The highest BCUT2D eigenvalue weighted by Crippen LogP contribution is 2.31. The molecule has 5 heteroatoms. The summed E-state index contributed by atoms with van der Waals surface area (Å²) in [5.74, 6) is 1.08. The smallest absolute Gasteiger partial charge is 0.349 e. The van der Waals surface area contributed by atoms with Crippen molar-refractivity contribution in [2.45, 2.75) is 13.0 Å². The minimum atomic E-state index is -0.286. The Morgan fingerprint density at radius 3 is 3.00 bits per heavy atom. The number of nitrogens with zero attached hydrogens (tertiary/aromatic N) is 2.